The van der Waals surface area contributed by atoms with E-state index >= 15 is 0 Å². The summed E-state index contributed by atoms with van der Waals surface area (Å²) in [4.78, 5) is 28.0. The number of hydrazone groups is 2. The van der Waals surface area contributed by atoms with Crippen LogP contribution in [0.5, 0.6) is 0 Å². The molecule has 0 aromatic carbocycles. The van der Waals surface area contributed by atoms with Crippen molar-refractivity contribution in [3.63, 3.8) is 0 Å². The summed E-state index contributed by atoms with van der Waals surface area (Å²) in [5.74, 6) is 0. The summed E-state index contributed by atoms with van der Waals surface area (Å²) in [5.41, 5.74) is 5.36. The summed E-state index contributed by atoms with van der Waals surface area (Å²) in [6, 6.07) is 2.92. The zero-order valence-corrected chi connectivity index (χ0v) is 15.2. The van der Waals surface area contributed by atoms with Gasteiger partial charge in [0.2, 0.25) is 0 Å². The van der Waals surface area contributed by atoms with Crippen LogP contribution in [0, 0.1) is 20.2 Å². The highest BCUT2D eigenvalue weighted by Crippen LogP contribution is 2.22. The number of ether oxygens (including phenoxy) is 1. The molecule has 0 atom stereocenters. The van der Waals surface area contributed by atoms with Gasteiger partial charge in [-0.15, -0.1) is 0 Å². The molecule has 29 heavy (non-hydrogen) atoms. The highest BCUT2D eigenvalue weighted by Gasteiger charge is 2.12. The smallest absolute Gasteiger partial charge is 0.312 e. The second-order valence-corrected chi connectivity index (χ2v) is 5.34. The van der Waals surface area contributed by atoms with E-state index in [0.717, 1.165) is 12.4 Å². The Hall–Kier alpha value is -4.00. The molecule has 0 amide bonds. The molecule has 13 heteroatoms. The maximum Gasteiger partial charge on any atom is 0.312 e. The molecule has 2 rings (SSSR count). The van der Waals surface area contributed by atoms with Crippen molar-refractivity contribution in [2.24, 2.45) is 10.2 Å². The van der Waals surface area contributed by atoms with Crippen LogP contribution in [0.2, 0.25) is 0 Å². The minimum absolute atomic E-state index is 0.161. The molecular formula is C16H18N8O5. The molecule has 0 aliphatic heterocycles. The number of nitro groups is 2. The first-order valence-corrected chi connectivity index (χ1v) is 8.39. The molecule has 2 heterocycles. The predicted octanol–water partition coefficient (Wildman–Crippen LogP) is 2.59. The third-order valence-corrected chi connectivity index (χ3v) is 3.33. The number of hydrogen-bond donors (Lipinski definition) is 2. The number of anilines is 2. The van der Waals surface area contributed by atoms with E-state index in [1.807, 2.05) is 0 Å². The molecule has 152 valence electrons. The topological polar surface area (TPSA) is 170 Å². The standard InChI is InChI=1S/C16H18N8O5/c25-23(26)15-11-17-7-3-13(15)21-19-5-1-9-29-10-2-6-20-22-14-4-8-18-12-16(14)24(27)28/h3-8,11-12H,1-2,9-10H2,(H,17,21)(H,18,22). The second-order valence-electron chi connectivity index (χ2n) is 5.34. The van der Waals surface area contributed by atoms with Gasteiger partial charge in [-0.05, 0) is 12.1 Å². The molecule has 2 aromatic rings. The van der Waals surface area contributed by atoms with Gasteiger partial charge in [0.25, 0.3) is 0 Å². The van der Waals surface area contributed by atoms with Crippen LogP contribution in [0.25, 0.3) is 0 Å². The summed E-state index contributed by atoms with van der Waals surface area (Å²) < 4.78 is 5.39. The Labute approximate surface area is 164 Å². The van der Waals surface area contributed by atoms with Crippen molar-refractivity contribution in [1.29, 1.82) is 0 Å². The van der Waals surface area contributed by atoms with E-state index < -0.39 is 9.85 Å². The van der Waals surface area contributed by atoms with Crippen LogP contribution in [0.15, 0.2) is 47.1 Å². The molecule has 0 radical (unpaired) electrons. The Morgan fingerprint density at radius 3 is 1.76 bits per heavy atom. The van der Waals surface area contributed by atoms with Crippen molar-refractivity contribution in [2.75, 3.05) is 24.1 Å². The quantitative estimate of drug-likeness (QED) is 0.234. The number of nitrogens with zero attached hydrogens (tertiary/aromatic N) is 6. The molecule has 0 saturated carbocycles. The fourth-order valence-electron chi connectivity index (χ4n) is 1.99. The van der Waals surface area contributed by atoms with E-state index in [-0.39, 0.29) is 22.7 Å². The minimum Gasteiger partial charge on any atom is -0.381 e. The molecule has 0 fully saturated rings. The van der Waals surface area contributed by atoms with Crippen molar-refractivity contribution in [1.82, 2.24) is 9.97 Å². The molecule has 2 aromatic heterocycles. The first-order chi connectivity index (χ1) is 14.1. The van der Waals surface area contributed by atoms with Crippen LogP contribution in [0.4, 0.5) is 22.7 Å². The van der Waals surface area contributed by atoms with Crippen molar-refractivity contribution in [2.45, 2.75) is 12.8 Å². The number of pyridine rings is 2. The third-order valence-electron chi connectivity index (χ3n) is 3.33. The molecule has 0 aliphatic carbocycles. The van der Waals surface area contributed by atoms with Crippen LogP contribution in [0.3, 0.4) is 0 Å². The van der Waals surface area contributed by atoms with Crippen LogP contribution in [-0.4, -0.2) is 45.5 Å². The van der Waals surface area contributed by atoms with Gasteiger partial charge < -0.3 is 4.74 Å². The second kappa shape index (κ2) is 11.7. The lowest BCUT2D eigenvalue weighted by atomic mass is 10.4. The average molecular weight is 402 g/mol. The maximum atomic E-state index is 10.8. The lowest BCUT2D eigenvalue weighted by Crippen LogP contribution is -2.01. The van der Waals surface area contributed by atoms with E-state index in [1.165, 1.54) is 24.5 Å². The predicted molar refractivity (Wildman–Crippen MR) is 106 cm³/mol. The molecule has 0 spiro atoms. The van der Waals surface area contributed by atoms with Crippen molar-refractivity contribution < 1.29 is 14.6 Å². The number of rotatable bonds is 12. The monoisotopic (exact) mass is 402 g/mol. The Morgan fingerprint density at radius 2 is 1.34 bits per heavy atom. The fourth-order valence-corrected chi connectivity index (χ4v) is 1.99. The largest absolute Gasteiger partial charge is 0.381 e. The average Bonchev–Trinajstić information content (AvgIpc) is 2.72. The van der Waals surface area contributed by atoms with Gasteiger partial charge in [0.15, 0.2) is 0 Å². The van der Waals surface area contributed by atoms with Crippen molar-refractivity contribution >= 4 is 35.2 Å². The molecule has 2 N–H and O–H groups in total. The van der Waals surface area contributed by atoms with E-state index in [2.05, 4.69) is 31.0 Å². The third kappa shape index (κ3) is 7.26. The SMILES string of the molecule is O=[N+]([O-])c1cnccc1NN=CCCOCCC=NNc1ccncc1[N+](=O)[O-]. The maximum absolute atomic E-state index is 10.8. The molecule has 0 unspecified atom stereocenters. The van der Waals surface area contributed by atoms with Crippen molar-refractivity contribution in [3.05, 3.63) is 57.1 Å². The molecule has 0 aliphatic rings. The van der Waals surface area contributed by atoms with Crippen LogP contribution in [-0.2, 0) is 4.74 Å². The fraction of sp³-hybridized carbons (Fsp3) is 0.250. The van der Waals surface area contributed by atoms with Crippen LogP contribution in [0.1, 0.15) is 12.8 Å². The number of aromatic nitrogens is 2. The van der Waals surface area contributed by atoms with Crippen molar-refractivity contribution in [3.8, 4) is 0 Å². The summed E-state index contributed by atoms with van der Waals surface area (Å²) in [7, 11) is 0. The molecular weight excluding hydrogens is 384 g/mol. The van der Waals surface area contributed by atoms with Gasteiger partial charge in [0, 0.05) is 37.7 Å². The Bertz CT molecular complexity index is 818. The molecule has 0 saturated heterocycles. The first-order valence-electron chi connectivity index (χ1n) is 8.39. The zero-order chi connectivity index (χ0) is 20.9. The van der Waals surface area contributed by atoms with Gasteiger partial charge >= 0.3 is 11.4 Å². The summed E-state index contributed by atoms with van der Waals surface area (Å²) in [6.07, 6.45) is 9.24. The Kier molecular flexibility index (Phi) is 8.56. The van der Waals surface area contributed by atoms with Crippen LogP contribution >= 0.6 is 0 Å². The highest BCUT2D eigenvalue weighted by atomic mass is 16.6. The normalized spacial score (nSPS) is 11.0. The van der Waals surface area contributed by atoms with E-state index in [4.69, 9.17) is 4.74 Å². The van der Waals surface area contributed by atoms with Gasteiger partial charge in [-0.1, -0.05) is 0 Å². The highest BCUT2D eigenvalue weighted by molar-refractivity contribution is 5.64. The lowest BCUT2D eigenvalue weighted by Gasteiger charge is -2.02. The van der Waals surface area contributed by atoms with Gasteiger partial charge in [0.05, 0.1) is 23.1 Å². The van der Waals surface area contributed by atoms with E-state index in [0.29, 0.717) is 26.1 Å². The Morgan fingerprint density at radius 1 is 0.897 bits per heavy atom. The molecule has 13 nitrogen and oxygen atoms in total. The van der Waals surface area contributed by atoms with Gasteiger partial charge in [-0.3, -0.25) is 41.0 Å². The summed E-state index contributed by atoms with van der Waals surface area (Å²) in [5, 5.41) is 29.5. The lowest BCUT2D eigenvalue weighted by molar-refractivity contribution is -0.384. The minimum atomic E-state index is -0.544. The zero-order valence-electron chi connectivity index (χ0n) is 15.2. The van der Waals surface area contributed by atoms with Gasteiger partial charge in [0.1, 0.15) is 23.8 Å². The van der Waals surface area contributed by atoms with E-state index in [9.17, 15) is 20.2 Å². The van der Waals surface area contributed by atoms with Crippen LogP contribution < -0.4 is 10.9 Å². The number of hydrogen-bond acceptors (Lipinski definition) is 11. The molecule has 0 bridgehead atoms. The number of nitrogens with one attached hydrogen (secondary N) is 2. The Balaban J connectivity index is 1.60. The van der Waals surface area contributed by atoms with Gasteiger partial charge in [-0.2, -0.15) is 10.2 Å². The van der Waals surface area contributed by atoms with E-state index in [1.54, 1.807) is 12.4 Å². The first kappa shape index (κ1) is 21.3. The summed E-state index contributed by atoms with van der Waals surface area (Å²) in [6.45, 7) is 0.807. The summed E-state index contributed by atoms with van der Waals surface area (Å²) >= 11 is 0. The van der Waals surface area contributed by atoms with Gasteiger partial charge in [-0.25, -0.2) is 0 Å².